The van der Waals surface area contributed by atoms with Gasteiger partial charge in [0.15, 0.2) is 0 Å². The number of hydrogen-bond donors (Lipinski definition) is 1. The van der Waals surface area contributed by atoms with Crippen LogP contribution in [0, 0.1) is 13.8 Å². The SMILES string of the molecule is Cc1nc(Cc2ccncc2)nc(C)c1CCNC1CC1. The maximum absolute atomic E-state index is 4.68. The van der Waals surface area contributed by atoms with Gasteiger partial charge in [0, 0.05) is 36.2 Å². The maximum Gasteiger partial charge on any atom is 0.133 e. The molecule has 21 heavy (non-hydrogen) atoms. The van der Waals surface area contributed by atoms with Gasteiger partial charge in [0.1, 0.15) is 5.82 Å². The van der Waals surface area contributed by atoms with Crippen LogP contribution in [0.5, 0.6) is 0 Å². The van der Waals surface area contributed by atoms with Gasteiger partial charge in [-0.15, -0.1) is 0 Å². The van der Waals surface area contributed by atoms with Crippen molar-refractivity contribution in [1.29, 1.82) is 0 Å². The van der Waals surface area contributed by atoms with Gasteiger partial charge in [-0.3, -0.25) is 4.98 Å². The van der Waals surface area contributed by atoms with E-state index >= 15 is 0 Å². The fourth-order valence-corrected chi connectivity index (χ4v) is 2.62. The largest absolute Gasteiger partial charge is 0.314 e. The quantitative estimate of drug-likeness (QED) is 0.884. The summed E-state index contributed by atoms with van der Waals surface area (Å²) >= 11 is 0. The first kappa shape index (κ1) is 14.1. The van der Waals surface area contributed by atoms with E-state index in [1.165, 1.54) is 24.0 Å². The molecule has 0 saturated heterocycles. The number of hydrogen-bond acceptors (Lipinski definition) is 4. The minimum atomic E-state index is 0.762. The fourth-order valence-electron chi connectivity index (χ4n) is 2.62. The van der Waals surface area contributed by atoms with E-state index in [2.05, 4.69) is 34.1 Å². The van der Waals surface area contributed by atoms with Gasteiger partial charge < -0.3 is 5.32 Å². The molecule has 1 aliphatic rings. The van der Waals surface area contributed by atoms with Crippen molar-refractivity contribution in [2.24, 2.45) is 0 Å². The summed E-state index contributed by atoms with van der Waals surface area (Å²) in [6.07, 6.45) is 8.08. The molecule has 0 aliphatic heterocycles. The highest BCUT2D eigenvalue weighted by Gasteiger charge is 2.20. The molecule has 2 aromatic rings. The van der Waals surface area contributed by atoms with Crippen molar-refractivity contribution >= 4 is 0 Å². The molecule has 0 spiro atoms. The van der Waals surface area contributed by atoms with Gasteiger partial charge in [0.05, 0.1) is 0 Å². The molecular formula is C17H22N4. The number of nitrogens with zero attached hydrogens (tertiary/aromatic N) is 3. The predicted octanol–water partition coefficient (Wildman–Crippen LogP) is 2.37. The van der Waals surface area contributed by atoms with Crippen LogP contribution in [0.3, 0.4) is 0 Å². The fraction of sp³-hybridized carbons (Fsp3) is 0.471. The van der Waals surface area contributed by atoms with E-state index in [1.54, 1.807) is 0 Å². The first-order chi connectivity index (χ1) is 10.2. The third kappa shape index (κ3) is 3.85. The van der Waals surface area contributed by atoms with Crippen molar-refractivity contribution in [3.05, 3.63) is 52.9 Å². The summed E-state index contributed by atoms with van der Waals surface area (Å²) in [5.74, 6) is 0.898. The molecule has 2 heterocycles. The zero-order valence-electron chi connectivity index (χ0n) is 12.8. The second-order valence-electron chi connectivity index (χ2n) is 5.80. The van der Waals surface area contributed by atoms with Crippen molar-refractivity contribution < 1.29 is 0 Å². The lowest BCUT2D eigenvalue weighted by Crippen LogP contribution is -2.20. The monoisotopic (exact) mass is 282 g/mol. The predicted molar refractivity (Wildman–Crippen MR) is 83.3 cm³/mol. The van der Waals surface area contributed by atoms with Gasteiger partial charge in [0.25, 0.3) is 0 Å². The normalized spacial score (nSPS) is 14.4. The molecule has 0 atom stereocenters. The molecule has 0 aromatic carbocycles. The molecule has 1 N–H and O–H groups in total. The summed E-state index contributed by atoms with van der Waals surface area (Å²) in [5.41, 5.74) is 4.72. The Morgan fingerprint density at radius 2 is 1.76 bits per heavy atom. The van der Waals surface area contributed by atoms with Crippen molar-refractivity contribution in [3.8, 4) is 0 Å². The third-order valence-electron chi connectivity index (χ3n) is 3.96. The lowest BCUT2D eigenvalue weighted by molar-refractivity contribution is 0.674. The molecule has 1 fully saturated rings. The number of nitrogens with one attached hydrogen (secondary N) is 1. The lowest BCUT2D eigenvalue weighted by atomic mass is 10.1. The zero-order valence-corrected chi connectivity index (χ0v) is 12.8. The molecule has 110 valence electrons. The number of rotatable bonds is 6. The Bertz CT molecular complexity index is 582. The van der Waals surface area contributed by atoms with Crippen LogP contribution in [0.2, 0.25) is 0 Å². The van der Waals surface area contributed by atoms with Crippen molar-refractivity contribution in [2.75, 3.05) is 6.54 Å². The molecule has 0 amide bonds. The number of aromatic nitrogens is 3. The summed E-state index contributed by atoms with van der Waals surface area (Å²) in [6.45, 7) is 5.22. The van der Waals surface area contributed by atoms with Crippen LogP contribution in [-0.4, -0.2) is 27.5 Å². The average Bonchev–Trinajstić information content (AvgIpc) is 3.27. The summed E-state index contributed by atoms with van der Waals surface area (Å²) in [7, 11) is 0. The van der Waals surface area contributed by atoms with Crippen LogP contribution < -0.4 is 5.32 Å². The van der Waals surface area contributed by atoms with Crippen LogP contribution in [0.15, 0.2) is 24.5 Å². The molecule has 2 aromatic heterocycles. The molecule has 0 unspecified atom stereocenters. The second-order valence-corrected chi connectivity index (χ2v) is 5.80. The van der Waals surface area contributed by atoms with E-state index in [0.717, 1.165) is 42.6 Å². The van der Waals surface area contributed by atoms with Crippen LogP contribution >= 0.6 is 0 Å². The maximum atomic E-state index is 4.68. The Morgan fingerprint density at radius 1 is 1.10 bits per heavy atom. The Hall–Kier alpha value is -1.81. The summed E-state index contributed by atoms with van der Waals surface area (Å²) in [6, 6.07) is 4.79. The minimum Gasteiger partial charge on any atom is -0.314 e. The molecule has 0 bridgehead atoms. The van der Waals surface area contributed by atoms with E-state index in [-0.39, 0.29) is 0 Å². The van der Waals surface area contributed by atoms with E-state index in [9.17, 15) is 0 Å². The minimum absolute atomic E-state index is 0.762. The third-order valence-corrected chi connectivity index (χ3v) is 3.96. The first-order valence-corrected chi connectivity index (χ1v) is 7.67. The van der Waals surface area contributed by atoms with E-state index in [4.69, 9.17) is 0 Å². The van der Waals surface area contributed by atoms with Crippen molar-refractivity contribution in [2.45, 2.75) is 45.6 Å². The molecule has 1 saturated carbocycles. The van der Waals surface area contributed by atoms with Gasteiger partial charge in [0.2, 0.25) is 0 Å². The van der Waals surface area contributed by atoms with Crippen LogP contribution in [0.4, 0.5) is 0 Å². The Labute approximate surface area is 126 Å². The molecule has 4 nitrogen and oxygen atoms in total. The number of pyridine rings is 1. The standard InChI is InChI=1S/C17H22N4/c1-12-16(7-10-19-15-3-4-15)13(2)21-17(20-12)11-14-5-8-18-9-6-14/h5-6,8-9,15,19H,3-4,7,10-11H2,1-2H3. The Balaban J connectivity index is 1.69. The highest BCUT2D eigenvalue weighted by Crippen LogP contribution is 2.19. The topological polar surface area (TPSA) is 50.7 Å². The van der Waals surface area contributed by atoms with E-state index < -0.39 is 0 Å². The first-order valence-electron chi connectivity index (χ1n) is 7.67. The van der Waals surface area contributed by atoms with E-state index in [1.807, 2.05) is 24.5 Å². The highest BCUT2D eigenvalue weighted by molar-refractivity contribution is 5.26. The van der Waals surface area contributed by atoms with E-state index in [0.29, 0.717) is 0 Å². The number of aryl methyl sites for hydroxylation is 2. The van der Waals surface area contributed by atoms with Gasteiger partial charge in [-0.1, -0.05) is 0 Å². The van der Waals surface area contributed by atoms with Gasteiger partial charge >= 0.3 is 0 Å². The zero-order chi connectivity index (χ0) is 14.7. The van der Waals surface area contributed by atoms with Crippen LogP contribution in [-0.2, 0) is 12.8 Å². The van der Waals surface area contributed by atoms with Crippen LogP contribution in [0.25, 0.3) is 0 Å². The lowest BCUT2D eigenvalue weighted by Gasteiger charge is -2.11. The molecular weight excluding hydrogens is 260 g/mol. The van der Waals surface area contributed by atoms with Crippen molar-refractivity contribution in [1.82, 2.24) is 20.3 Å². The summed E-state index contributed by atoms with van der Waals surface area (Å²) in [4.78, 5) is 13.4. The molecule has 0 radical (unpaired) electrons. The molecule has 3 rings (SSSR count). The molecule has 1 aliphatic carbocycles. The van der Waals surface area contributed by atoms with Gasteiger partial charge in [-0.05, 0) is 62.9 Å². The van der Waals surface area contributed by atoms with Crippen molar-refractivity contribution in [3.63, 3.8) is 0 Å². The summed E-state index contributed by atoms with van der Waals surface area (Å²) in [5, 5.41) is 3.55. The smallest absolute Gasteiger partial charge is 0.133 e. The summed E-state index contributed by atoms with van der Waals surface area (Å²) < 4.78 is 0. The Morgan fingerprint density at radius 3 is 2.38 bits per heavy atom. The average molecular weight is 282 g/mol. The Kier molecular flexibility index (Phi) is 4.25. The molecule has 4 heteroatoms. The second kappa shape index (κ2) is 6.31. The highest BCUT2D eigenvalue weighted by atomic mass is 14.9. The van der Waals surface area contributed by atoms with Crippen LogP contribution in [0.1, 0.15) is 41.2 Å². The van der Waals surface area contributed by atoms with Gasteiger partial charge in [-0.2, -0.15) is 0 Å². The van der Waals surface area contributed by atoms with Gasteiger partial charge in [-0.25, -0.2) is 9.97 Å².